The van der Waals surface area contributed by atoms with Crippen molar-refractivity contribution < 1.29 is 4.74 Å². The van der Waals surface area contributed by atoms with Crippen molar-refractivity contribution in [1.29, 1.82) is 0 Å². The standard InChI is InChI=1S/C29H56O/c1-3-5-7-9-11-13-14-15-16-17-18-19-21-23-25-27-29-30-28-26-24-22-20-12-10-8-6-4-2/h15-16,26,28H,3-14,17-25,27,29H2,1-2H3/b16-15-,28-26+. The number of ether oxygens (including phenoxy) is 1. The smallest absolute Gasteiger partial charge is 0.0873 e. The molecule has 0 unspecified atom stereocenters. The Balaban J connectivity index is 3.11. The van der Waals surface area contributed by atoms with Crippen molar-refractivity contribution in [3.63, 3.8) is 0 Å². The van der Waals surface area contributed by atoms with E-state index in [2.05, 4.69) is 32.1 Å². The second-order valence-corrected chi connectivity index (χ2v) is 9.09. The number of unbranched alkanes of at least 4 members (excludes halogenated alkanes) is 19. The summed E-state index contributed by atoms with van der Waals surface area (Å²) in [4.78, 5) is 0. The highest BCUT2D eigenvalue weighted by Crippen LogP contribution is 2.11. The number of hydrogen-bond acceptors (Lipinski definition) is 1. The first-order chi connectivity index (χ1) is 14.9. The summed E-state index contributed by atoms with van der Waals surface area (Å²) >= 11 is 0. The molecule has 0 saturated heterocycles. The first-order valence-electron chi connectivity index (χ1n) is 13.8. The SMILES string of the molecule is CCCCCCCC/C=C\CCCCCCCCO/C=C/CCCCCCCCC. The second-order valence-electron chi connectivity index (χ2n) is 9.09. The molecule has 0 rings (SSSR count). The molecular weight excluding hydrogens is 364 g/mol. The first-order valence-corrected chi connectivity index (χ1v) is 13.8. The minimum absolute atomic E-state index is 0.898. The molecule has 0 atom stereocenters. The average molecular weight is 421 g/mol. The molecule has 0 spiro atoms. The zero-order chi connectivity index (χ0) is 21.8. The van der Waals surface area contributed by atoms with Crippen molar-refractivity contribution >= 4 is 0 Å². The predicted octanol–water partition coefficient (Wildman–Crippen LogP) is 10.7. The van der Waals surface area contributed by atoms with Gasteiger partial charge >= 0.3 is 0 Å². The summed E-state index contributed by atoms with van der Waals surface area (Å²) in [5.74, 6) is 0. The van der Waals surface area contributed by atoms with Gasteiger partial charge in [0.1, 0.15) is 0 Å². The molecule has 0 radical (unpaired) electrons. The van der Waals surface area contributed by atoms with Gasteiger partial charge in [-0.3, -0.25) is 0 Å². The Morgan fingerprint density at radius 3 is 1.23 bits per heavy atom. The summed E-state index contributed by atoms with van der Waals surface area (Å²) in [6.45, 7) is 5.46. The van der Waals surface area contributed by atoms with E-state index in [1.165, 1.54) is 141 Å². The van der Waals surface area contributed by atoms with Crippen LogP contribution in [0.25, 0.3) is 0 Å². The maximum atomic E-state index is 5.62. The van der Waals surface area contributed by atoms with Gasteiger partial charge < -0.3 is 4.74 Å². The fraction of sp³-hybridized carbons (Fsp3) is 0.862. The monoisotopic (exact) mass is 420 g/mol. The van der Waals surface area contributed by atoms with Crippen molar-refractivity contribution in [2.45, 2.75) is 155 Å². The molecule has 0 amide bonds. The van der Waals surface area contributed by atoms with Crippen molar-refractivity contribution in [3.05, 3.63) is 24.5 Å². The van der Waals surface area contributed by atoms with Crippen LogP contribution in [-0.2, 0) is 4.74 Å². The highest BCUT2D eigenvalue weighted by Gasteiger charge is 1.92. The Labute approximate surface area is 191 Å². The second kappa shape index (κ2) is 28.3. The molecule has 1 nitrogen and oxygen atoms in total. The number of rotatable bonds is 25. The third-order valence-corrected chi connectivity index (χ3v) is 5.94. The van der Waals surface area contributed by atoms with E-state index >= 15 is 0 Å². The van der Waals surface area contributed by atoms with E-state index in [-0.39, 0.29) is 0 Å². The Morgan fingerprint density at radius 1 is 0.400 bits per heavy atom. The van der Waals surface area contributed by atoms with E-state index < -0.39 is 0 Å². The van der Waals surface area contributed by atoms with Gasteiger partial charge in [0.05, 0.1) is 12.9 Å². The van der Waals surface area contributed by atoms with Crippen molar-refractivity contribution in [1.82, 2.24) is 0 Å². The molecule has 0 aliphatic heterocycles. The van der Waals surface area contributed by atoms with Crippen LogP contribution in [-0.4, -0.2) is 6.61 Å². The Kier molecular flexibility index (Phi) is 27.6. The lowest BCUT2D eigenvalue weighted by Crippen LogP contribution is -1.88. The molecule has 0 aliphatic carbocycles. The zero-order valence-electron chi connectivity index (χ0n) is 21.0. The van der Waals surface area contributed by atoms with Gasteiger partial charge in [0.2, 0.25) is 0 Å². The average Bonchev–Trinajstić information content (AvgIpc) is 2.76. The molecule has 0 aromatic heterocycles. The molecule has 0 aromatic carbocycles. The summed E-state index contributed by atoms with van der Waals surface area (Å²) in [5, 5.41) is 0. The highest BCUT2D eigenvalue weighted by molar-refractivity contribution is 4.81. The molecule has 30 heavy (non-hydrogen) atoms. The molecule has 0 aliphatic rings. The minimum atomic E-state index is 0.898. The molecule has 0 saturated carbocycles. The molecule has 1 heteroatoms. The summed E-state index contributed by atoms with van der Waals surface area (Å²) in [6.07, 6.45) is 38.9. The fourth-order valence-electron chi connectivity index (χ4n) is 3.86. The molecule has 0 fully saturated rings. The summed E-state index contributed by atoms with van der Waals surface area (Å²) < 4.78 is 5.62. The Hall–Kier alpha value is -0.720. The number of hydrogen-bond donors (Lipinski definition) is 0. The largest absolute Gasteiger partial charge is 0.502 e. The van der Waals surface area contributed by atoms with Crippen LogP contribution in [0, 0.1) is 0 Å². The zero-order valence-corrected chi connectivity index (χ0v) is 21.0. The minimum Gasteiger partial charge on any atom is -0.502 e. The predicted molar refractivity (Wildman–Crippen MR) is 137 cm³/mol. The first kappa shape index (κ1) is 29.3. The molecule has 0 N–H and O–H groups in total. The van der Waals surface area contributed by atoms with E-state index in [9.17, 15) is 0 Å². The van der Waals surface area contributed by atoms with Crippen molar-refractivity contribution in [3.8, 4) is 0 Å². The van der Waals surface area contributed by atoms with E-state index in [0.717, 1.165) is 6.61 Å². The van der Waals surface area contributed by atoms with Gasteiger partial charge in [-0.1, -0.05) is 122 Å². The third kappa shape index (κ3) is 27.3. The van der Waals surface area contributed by atoms with E-state index in [0.29, 0.717) is 0 Å². The molecule has 0 aromatic rings. The van der Waals surface area contributed by atoms with Crippen molar-refractivity contribution in [2.24, 2.45) is 0 Å². The maximum absolute atomic E-state index is 5.62. The lowest BCUT2D eigenvalue weighted by atomic mass is 10.1. The van der Waals surface area contributed by atoms with Gasteiger partial charge in [0, 0.05) is 0 Å². The number of allylic oxidation sites excluding steroid dienone is 3. The van der Waals surface area contributed by atoms with Crippen LogP contribution in [0.5, 0.6) is 0 Å². The van der Waals surface area contributed by atoms with Crippen LogP contribution >= 0.6 is 0 Å². The summed E-state index contributed by atoms with van der Waals surface area (Å²) in [6, 6.07) is 0. The topological polar surface area (TPSA) is 9.23 Å². The van der Waals surface area contributed by atoms with Crippen LogP contribution in [0.15, 0.2) is 24.5 Å². The third-order valence-electron chi connectivity index (χ3n) is 5.94. The normalized spacial score (nSPS) is 11.8. The van der Waals surface area contributed by atoms with Gasteiger partial charge in [-0.05, 0) is 51.0 Å². The molecule has 178 valence electrons. The van der Waals surface area contributed by atoms with Gasteiger partial charge in [0.15, 0.2) is 0 Å². The van der Waals surface area contributed by atoms with E-state index in [4.69, 9.17) is 4.74 Å². The van der Waals surface area contributed by atoms with Crippen LogP contribution in [0.4, 0.5) is 0 Å². The molecule has 0 bridgehead atoms. The maximum Gasteiger partial charge on any atom is 0.0873 e. The van der Waals surface area contributed by atoms with Gasteiger partial charge in [0.25, 0.3) is 0 Å². The van der Waals surface area contributed by atoms with Crippen molar-refractivity contribution in [2.75, 3.05) is 6.61 Å². The van der Waals surface area contributed by atoms with Crippen LogP contribution in [0.1, 0.15) is 155 Å². The van der Waals surface area contributed by atoms with E-state index in [1.54, 1.807) is 0 Å². The fourth-order valence-corrected chi connectivity index (χ4v) is 3.86. The van der Waals surface area contributed by atoms with Crippen LogP contribution in [0.2, 0.25) is 0 Å². The van der Waals surface area contributed by atoms with Gasteiger partial charge in [-0.25, -0.2) is 0 Å². The molecule has 0 heterocycles. The van der Waals surface area contributed by atoms with Crippen LogP contribution in [0.3, 0.4) is 0 Å². The Morgan fingerprint density at radius 2 is 0.767 bits per heavy atom. The lowest BCUT2D eigenvalue weighted by molar-refractivity contribution is 0.239. The van der Waals surface area contributed by atoms with Gasteiger partial charge in [-0.2, -0.15) is 0 Å². The summed E-state index contributed by atoms with van der Waals surface area (Å²) in [7, 11) is 0. The summed E-state index contributed by atoms with van der Waals surface area (Å²) in [5.41, 5.74) is 0. The Bertz CT molecular complexity index is 344. The van der Waals surface area contributed by atoms with E-state index in [1.807, 2.05) is 6.26 Å². The molecular formula is C29H56O. The quantitative estimate of drug-likeness (QED) is 0.0810. The highest BCUT2D eigenvalue weighted by atomic mass is 16.5. The lowest BCUT2D eigenvalue weighted by Gasteiger charge is -2.02. The van der Waals surface area contributed by atoms with Gasteiger partial charge in [-0.15, -0.1) is 0 Å². The van der Waals surface area contributed by atoms with Crippen LogP contribution < -0.4 is 0 Å².